The molecule has 0 aliphatic carbocycles. The summed E-state index contributed by atoms with van der Waals surface area (Å²) in [5.41, 5.74) is 1.76. The molecule has 0 radical (unpaired) electrons. The number of likely N-dealkylation sites (tertiary alicyclic amines) is 1. The van der Waals surface area contributed by atoms with E-state index in [0.29, 0.717) is 0 Å². The van der Waals surface area contributed by atoms with Crippen LogP contribution in [0.1, 0.15) is 19.3 Å². The number of piperidine rings is 1. The van der Waals surface area contributed by atoms with Crippen molar-refractivity contribution in [3.8, 4) is 0 Å². The maximum atomic E-state index is 12.9. The average molecular weight is 354 g/mol. The van der Waals surface area contributed by atoms with E-state index in [1.54, 1.807) is 6.20 Å². The van der Waals surface area contributed by atoms with Crippen LogP contribution in [0.25, 0.3) is 10.9 Å². The number of rotatable bonds is 3. The van der Waals surface area contributed by atoms with Gasteiger partial charge in [0.05, 0.1) is 18.7 Å². The number of aromatic nitrogens is 1. The summed E-state index contributed by atoms with van der Waals surface area (Å²) in [6, 6.07) is 10.1. The highest BCUT2D eigenvalue weighted by Crippen LogP contribution is 2.22. The van der Waals surface area contributed by atoms with Crippen molar-refractivity contribution in [1.82, 2.24) is 14.8 Å². The van der Waals surface area contributed by atoms with Crippen molar-refractivity contribution < 1.29 is 9.53 Å². The van der Waals surface area contributed by atoms with Crippen molar-refractivity contribution in [3.63, 3.8) is 0 Å². The number of nitrogens with one attached hydrogen (secondary N) is 1. The Kier molecular flexibility index (Phi) is 5.32. The number of ether oxygens (including phenoxy) is 1. The predicted octanol–water partition coefficient (Wildman–Crippen LogP) is 2.95. The number of hydrogen-bond acceptors (Lipinski definition) is 4. The van der Waals surface area contributed by atoms with Crippen LogP contribution < -0.4 is 5.32 Å². The van der Waals surface area contributed by atoms with Gasteiger partial charge in [0.15, 0.2) is 0 Å². The number of carbonyl (C=O) groups excluding carboxylic acids is 1. The zero-order chi connectivity index (χ0) is 17.8. The lowest BCUT2D eigenvalue weighted by Gasteiger charge is -2.39. The van der Waals surface area contributed by atoms with Crippen LogP contribution in [-0.2, 0) is 4.74 Å². The number of urea groups is 1. The summed E-state index contributed by atoms with van der Waals surface area (Å²) in [6.45, 7) is 5.29. The van der Waals surface area contributed by atoms with E-state index in [1.807, 2.05) is 35.2 Å². The van der Waals surface area contributed by atoms with E-state index >= 15 is 0 Å². The van der Waals surface area contributed by atoms with Gasteiger partial charge in [-0.15, -0.1) is 0 Å². The number of fused-ring (bicyclic) bond motifs is 1. The smallest absolute Gasteiger partial charge is 0.322 e. The molecule has 0 saturated carbocycles. The fourth-order valence-electron chi connectivity index (χ4n) is 3.89. The molecular formula is C20H26N4O2. The van der Waals surface area contributed by atoms with E-state index in [4.69, 9.17) is 4.74 Å². The maximum Gasteiger partial charge on any atom is 0.322 e. The summed E-state index contributed by atoms with van der Waals surface area (Å²) >= 11 is 0. The standard InChI is InChI=1S/C20H26N4O2/c25-20(22-17-6-7-19-16(14-17)4-3-8-21-19)24-9-2-1-5-18(24)15-23-10-12-26-13-11-23/h3-4,6-8,14,18H,1-2,5,9-13,15H2,(H,22,25)/t18-/m1/s1. The minimum atomic E-state index is 0.00574. The molecule has 1 aromatic carbocycles. The van der Waals surface area contributed by atoms with Gasteiger partial charge in [-0.2, -0.15) is 0 Å². The van der Waals surface area contributed by atoms with Gasteiger partial charge in [0.1, 0.15) is 0 Å². The number of amides is 2. The summed E-state index contributed by atoms with van der Waals surface area (Å²) < 4.78 is 5.44. The van der Waals surface area contributed by atoms with Gasteiger partial charge in [0.2, 0.25) is 0 Å². The fraction of sp³-hybridized carbons (Fsp3) is 0.500. The first-order chi connectivity index (χ1) is 12.8. The van der Waals surface area contributed by atoms with E-state index in [0.717, 1.165) is 68.8 Å². The molecule has 0 bridgehead atoms. The van der Waals surface area contributed by atoms with Crippen LogP contribution >= 0.6 is 0 Å². The maximum absolute atomic E-state index is 12.9. The summed E-state index contributed by atoms with van der Waals surface area (Å²) in [5.74, 6) is 0. The van der Waals surface area contributed by atoms with Crippen LogP contribution in [0.4, 0.5) is 10.5 Å². The molecular weight excluding hydrogens is 328 g/mol. The highest BCUT2D eigenvalue weighted by Gasteiger charge is 2.28. The first-order valence-corrected chi connectivity index (χ1v) is 9.52. The zero-order valence-electron chi connectivity index (χ0n) is 15.1. The second-order valence-electron chi connectivity index (χ2n) is 7.10. The SMILES string of the molecule is O=C(Nc1ccc2ncccc2c1)N1CCCC[C@@H]1CN1CCOCC1. The van der Waals surface area contributed by atoms with E-state index < -0.39 is 0 Å². The molecule has 2 aromatic rings. The molecule has 0 unspecified atom stereocenters. The minimum Gasteiger partial charge on any atom is -0.379 e. The lowest BCUT2D eigenvalue weighted by molar-refractivity contribution is 0.0229. The molecule has 6 nitrogen and oxygen atoms in total. The topological polar surface area (TPSA) is 57.7 Å². The third-order valence-electron chi connectivity index (χ3n) is 5.31. The summed E-state index contributed by atoms with van der Waals surface area (Å²) in [4.78, 5) is 21.7. The highest BCUT2D eigenvalue weighted by molar-refractivity contribution is 5.92. The number of hydrogen-bond donors (Lipinski definition) is 1. The third kappa shape index (κ3) is 3.97. The Morgan fingerprint density at radius 2 is 2.08 bits per heavy atom. The van der Waals surface area contributed by atoms with E-state index in [-0.39, 0.29) is 12.1 Å². The van der Waals surface area contributed by atoms with Gasteiger partial charge in [0.25, 0.3) is 0 Å². The normalized spacial score (nSPS) is 21.7. The molecule has 2 aliphatic heterocycles. The van der Waals surface area contributed by atoms with Crippen molar-refractivity contribution >= 4 is 22.6 Å². The molecule has 1 atom stereocenters. The van der Waals surface area contributed by atoms with Crippen LogP contribution in [0.15, 0.2) is 36.5 Å². The quantitative estimate of drug-likeness (QED) is 0.921. The van der Waals surface area contributed by atoms with Crippen molar-refractivity contribution in [2.24, 2.45) is 0 Å². The Morgan fingerprint density at radius 3 is 2.96 bits per heavy atom. The van der Waals surface area contributed by atoms with Crippen LogP contribution in [-0.4, -0.2) is 66.2 Å². The molecule has 2 saturated heterocycles. The molecule has 1 aromatic heterocycles. The summed E-state index contributed by atoms with van der Waals surface area (Å²) in [6.07, 6.45) is 5.13. The van der Waals surface area contributed by atoms with Crippen molar-refractivity contribution in [3.05, 3.63) is 36.5 Å². The zero-order valence-corrected chi connectivity index (χ0v) is 15.1. The van der Waals surface area contributed by atoms with E-state index in [1.165, 1.54) is 6.42 Å². The number of pyridine rings is 1. The number of benzene rings is 1. The van der Waals surface area contributed by atoms with Crippen LogP contribution in [0.3, 0.4) is 0 Å². The van der Waals surface area contributed by atoms with Gasteiger partial charge in [0, 0.05) is 49.5 Å². The summed E-state index contributed by atoms with van der Waals surface area (Å²) in [5, 5.41) is 4.12. The van der Waals surface area contributed by atoms with Gasteiger partial charge in [-0.3, -0.25) is 9.88 Å². The lowest BCUT2D eigenvalue weighted by atomic mass is 10.0. The Hall–Kier alpha value is -2.18. The van der Waals surface area contributed by atoms with Gasteiger partial charge < -0.3 is 15.0 Å². The van der Waals surface area contributed by atoms with Crippen LogP contribution in [0.2, 0.25) is 0 Å². The second-order valence-corrected chi connectivity index (χ2v) is 7.10. The number of anilines is 1. The first kappa shape index (κ1) is 17.2. The lowest BCUT2D eigenvalue weighted by Crippen LogP contribution is -2.52. The number of morpholine rings is 1. The molecule has 1 N–H and O–H groups in total. The molecule has 138 valence electrons. The van der Waals surface area contributed by atoms with Gasteiger partial charge in [-0.25, -0.2) is 4.79 Å². The van der Waals surface area contributed by atoms with Gasteiger partial charge in [-0.05, 0) is 43.5 Å². The molecule has 26 heavy (non-hydrogen) atoms. The molecule has 2 aliphatic rings. The van der Waals surface area contributed by atoms with Crippen LogP contribution in [0.5, 0.6) is 0 Å². The molecule has 3 heterocycles. The predicted molar refractivity (Wildman–Crippen MR) is 102 cm³/mol. The van der Waals surface area contributed by atoms with Gasteiger partial charge >= 0.3 is 6.03 Å². The van der Waals surface area contributed by atoms with Crippen molar-refractivity contribution in [1.29, 1.82) is 0 Å². The van der Waals surface area contributed by atoms with E-state index in [9.17, 15) is 4.79 Å². The Balaban J connectivity index is 1.43. The Labute approximate surface area is 154 Å². The number of carbonyl (C=O) groups is 1. The van der Waals surface area contributed by atoms with Crippen LogP contribution in [0, 0.1) is 0 Å². The monoisotopic (exact) mass is 354 g/mol. The van der Waals surface area contributed by atoms with Crippen molar-refractivity contribution in [2.45, 2.75) is 25.3 Å². The molecule has 2 amide bonds. The van der Waals surface area contributed by atoms with E-state index in [2.05, 4.69) is 15.2 Å². The average Bonchev–Trinajstić information content (AvgIpc) is 2.69. The Bertz CT molecular complexity index is 760. The second kappa shape index (κ2) is 8.01. The largest absolute Gasteiger partial charge is 0.379 e. The fourth-order valence-corrected chi connectivity index (χ4v) is 3.89. The molecule has 0 spiro atoms. The molecule has 4 rings (SSSR count). The highest BCUT2D eigenvalue weighted by atomic mass is 16.5. The Morgan fingerprint density at radius 1 is 1.19 bits per heavy atom. The molecule has 6 heteroatoms. The third-order valence-corrected chi connectivity index (χ3v) is 5.31. The first-order valence-electron chi connectivity index (χ1n) is 9.52. The number of nitrogens with zero attached hydrogens (tertiary/aromatic N) is 3. The minimum absolute atomic E-state index is 0.00574. The van der Waals surface area contributed by atoms with Crippen molar-refractivity contribution in [2.75, 3.05) is 44.7 Å². The van der Waals surface area contributed by atoms with Gasteiger partial charge in [-0.1, -0.05) is 6.07 Å². The summed E-state index contributed by atoms with van der Waals surface area (Å²) in [7, 11) is 0. The molecule has 2 fully saturated rings.